The smallest absolute Gasteiger partial charge is 0.296 e. The molecule has 2 aliphatic rings. The summed E-state index contributed by atoms with van der Waals surface area (Å²) in [6, 6.07) is 3.91. The fourth-order valence-electron chi connectivity index (χ4n) is 4.02. The number of ether oxygens (including phenoxy) is 4. The Hall–Kier alpha value is -2.77. The number of aliphatic hydroxyl groups is 2. The number of halogens is 3. The van der Waals surface area contributed by atoms with E-state index in [0.717, 1.165) is 12.1 Å². The lowest BCUT2D eigenvalue weighted by Gasteiger charge is -2.15. The van der Waals surface area contributed by atoms with E-state index in [1.807, 2.05) is 0 Å². The first-order valence-electron chi connectivity index (χ1n) is 11.0. The third-order valence-corrected chi connectivity index (χ3v) is 6.06. The van der Waals surface area contributed by atoms with Crippen molar-refractivity contribution >= 4 is 28.6 Å². The number of H-pyrrole nitrogens is 1. The average molecular weight is 513 g/mol. The van der Waals surface area contributed by atoms with Crippen LogP contribution >= 0.6 is 11.6 Å². The highest BCUT2D eigenvalue weighted by atomic mass is 35.5. The molecule has 0 spiro atoms. The Bertz CT molecular complexity index is 1190. The van der Waals surface area contributed by atoms with Gasteiger partial charge in [-0.3, -0.25) is 0 Å². The minimum atomic E-state index is -0.791. The first-order valence-corrected chi connectivity index (χ1v) is 11.4. The molecule has 0 bridgehead atoms. The van der Waals surface area contributed by atoms with E-state index in [2.05, 4.69) is 20.3 Å². The molecule has 13 heteroatoms. The van der Waals surface area contributed by atoms with Gasteiger partial charge in [0.1, 0.15) is 41.5 Å². The van der Waals surface area contributed by atoms with Gasteiger partial charge in [0.05, 0.1) is 30.4 Å². The van der Waals surface area contributed by atoms with Gasteiger partial charge in [0.2, 0.25) is 0 Å². The third kappa shape index (κ3) is 4.98. The van der Waals surface area contributed by atoms with E-state index in [9.17, 15) is 13.9 Å². The number of aromatic nitrogens is 3. The Labute approximate surface area is 203 Å². The van der Waals surface area contributed by atoms with Crippen LogP contribution in [0.25, 0.3) is 11.2 Å². The van der Waals surface area contributed by atoms with Crippen molar-refractivity contribution in [3.05, 3.63) is 40.4 Å². The van der Waals surface area contributed by atoms with Crippen LogP contribution in [0, 0.1) is 11.6 Å². The van der Waals surface area contributed by atoms with E-state index in [1.54, 1.807) is 6.07 Å². The first kappa shape index (κ1) is 23.9. The number of imidazole rings is 1. The van der Waals surface area contributed by atoms with E-state index in [4.69, 9.17) is 35.7 Å². The summed E-state index contributed by atoms with van der Waals surface area (Å²) in [5, 5.41) is 21.7. The van der Waals surface area contributed by atoms with Gasteiger partial charge >= 0.3 is 0 Å². The highest BCUT2D eigenvalue weighted by Gasteiger charge is 2.48. The van der Waals surface area contributed by atoms with E-state index in [1.165, 1.54) is 0 Å². The Morgan fingerprint density at radius 1 is 1.14 bits per heavy atom. The first-order chi connectivity index (χ1) is 16.9. The highest BCUT2D eigenvalue weighted by Crippen LogP contribution is 2.31. The molecule has 0 radical (unpaired) electrons. The highest BCUT2D eigenvalue weighted by molar-refractivity contribution is 6.33. The Morgan fingerprint density at radius 2 is 1.91 bits per heavy atom. The van der Waals surface area contributed by atoms with Crippen molar-refractivity contribution in [3.63, 3.8) is 0 Å². The monoisotopic (exact) mass is 512 g/mol. The van der Waals surface area contributed by atoms with Gasteiger partial charge in [-0.05, 0) is 6.07 Å². The quantitative estimate of drug-likeness (QED) is 0.318. The summed E-state index contributed by atoms with van der Waals surface area (Å²) in [5.41, 5.74) is 0.571. The maximum absolute atomic E-state index is 14.5. The molecule has 0 unspecified atom stereocenters. The Morgan fingerprint density at radius 3 is 2.69 bits per heavy atom. The number of hydrogen-bond donors (Lipinski definition) is 4. The molecule has 2 aliphatic heterocycles. The lowest BCUT2D eigenvalue weighted by molar-refractivity contribution is 0.00706. The number of nitrogens with one attached hydrogen (secondary N) is 2. The molecule has 1 aromatic carbocycles. The Kier molecular flexibility index (Phi) is 6.89. The van der Waals surface area contributed by atoms with Crippen molar-refractivity contribution in [1.29, 1.82) is 0 Å². The van der Waals surface area contributed by atoms with Crippen LogP contribution < -0.4 is 14.8 Å². The van der Waals surface area contributed by atoms with Crippen LogP contribution in [0.4, 0.5) is 14.6 Å². The van der Waals surface area contributed by atoms with Crippen LogP contribution in [0.5, 0.6) is 11.8 Å². The standard InChI is InChI=1S/C22H23ClF2N4O6/c23-12-6-15-21(29-22(27-15)35-17-9-34-18-16(31)8-33-19(17)18)28-20(12)26-7-11-13(24)4-10(5-14(11)25)32-3-1-2-30/h4-6,16-19,30-31H,1-3,7-9H2,(H2,26,27,28,29)/t16-,17-,18-,19-/m1/s1. The van der Waals surface area contributed by atoms with Crippen LogP contribution in [-0.4, -0.2) is 76.0 Å². The average Bonchev–Trinajstić information content (AvgIpc) is 3.50. The summed E-state index contributed by atoms with van der Waals surface area (Å²) < 4.78 is 51.1. The summed E-state index contributed by atoms with van der Waals surface area (Å²) in [5.74, 6) is -1.36. The minimum absolute atomic E-state index is 0.0373. The molecule has 4 N–H and O–H groups in total. The summed E-state index contributed by atoms with van der Waals surface area (Å²) >= 11 is 6.30. The lowest BCUT2D eigenvalue weighted by Crippen LogP contribution is -2.34. The van der Waals surface area contributed by atoms with Gasteiger partial charge in [0.25, 0.3) is 6.01 Å². The number of fused-ring (bicyclic) bond motifs is 2. The van der Waals surface area contributed by atoms with Gasteiger partial charge in [-0.2, -0.15) is 4.98 Å². The van der Waals surface area contributed by atoms with Crippen LogP contribution in [0.1, 0.15) is 12.0 Å². The second kappa shape index (κ2) is 10.1. The number of aromatic amines is 1. The van der Waals surface area contributed by atoms with Crippen molar-refractivity contribution in [3.8, 4) is 11.8 Å². The molecule has 0 amide bonds. The maximum atomic E-state index is 14.5. The van der Waals surface area contributed by atoms with Crippen molar-refractivity contribution in [2.45, 2.75) is 37.4 Å². The van der Waals surface area contributed by atoms with Crippen LogP contribution in [-0.2, 0) is 16.0 Å². The molecule has 0 aliphatic carbocycles. The van der Waals surface area contributed by atoms with Crippen molar-refractivity contribution < 1.29 is 37.9 Å². The van der Waals surface area contributed by atoms with E-state index >= 15 is 0 Å². The Balaban J connectivity index is 1.27. The summed E-state index contributed by atoms with van der Waals surface area (Å²) in [7, 11) is 0. The molecule has 10 nitrogen and oxygen atoms in total. The van der Waals surface area contributed by atoms with Gasteiger partial charge in [-0.25, -0.2) is 13.8 Å². The van der Waals surface area contributed by atoms with Gasteiger partial charge < -0.3 is 39.5 Å². The number of aliphatic hydroxyl groups excluding tert-OH is 2. The topological polar surface area (TPSA) is 131 Å². The van der Waals surface area contributed by atoms with Crippen molar-refractivity contribution in [2.75, 3.05) is 31.7 Å². The zero-order chi connectivity index (χ0) is 24.5. The summed E-state index contributed by atoms with van der Waals surface area (Å²) in [6.45, 7) is 0.271. The second-order valence-corrected chi connectivity index (χ2v) is 8.60. The molecule has 2 fully saturated rings. The SMILES string of the molecule is OCCCOc1cc(F)c(CNc2nc3nc(O[C@@H]4CO[C@H]5[C@@H]4OC[C@H]5O)[nH]c3cc2Cl)c(F)c1. The van der Waals surface area contributed by atoms with E-state index in [0.29, 0.717) is 11.9 Å². The van der Waals surface area contributed by atoms with Gasteiger partial charge in [-0.15, -0.1) is 0 Å². The zero-order valence-corrected chi connectivity index (χ0v) is 19.1. The third-order valence-electron chi connectivity index (χ3n) is 5.77. The van der Waals surface area contributed by atoms with Gasteiger partial charge in [0, 0.05) is 37.3 Å². The molecule has 4 atom stereocenters. The normalized spacial score (nSPS) is 23.6. The number of anilines is 1. The largest absolute Gasteiger partial charge is 0.493 e. The molecule has 5 rings (SSSR count). The molecular formula is C22H23ClF2N4O6. The molecule has 35 heavy (non-hydrogen) atoms. The van der Waals surface area contributed by atoms with Crippen LogP contribution in [0.2, 0.25) is 5.02 Å². The molecule has 188 valence electrons. The van der Waals surface area contributed by atoms with Gasteiger partial charge in [-0.1, -0.05) is 11.6 Å². The zero-order valence-electron chi connectivity index (χ0n) is 18.3. The molecular weight excluding hydrogens is 490 g/mol. The maximum Gasteiger partial charge on any atom is 0.296 e. The molecule has 2 aromatic heterocycles. The molecule has 2 saturated heterocycles. The minimum Gasteiger partial charge on any atom is -0.493 e. The van der Waals surface area contributed by atoms with Crippen LogP contribution in [0.15, 0.2) is 18.2 Å². The van der Waals surface area contributed by atoms with E-state index < -0.39 is 36.1 Å². The second-order valence-electron chi connectivity index (χ2n) is 8.20. The number of pyridine rings is 1. The van der Waals surface area contributed by atoms with E-state index in [-0.39, 0.29) is 66.8 Å². The summed E-state index contributed by atoms with van der Waals surface area (Å²) in [6.07, 6.45) is -1.63. The molecule has 4 heterocycles. The lowest BCUT2D eigenvalue weighted by atomic mass is 10.1. The van der Waals surface area contributed by atoms with Crippen molar-refractivity contribution in [2.24, 2.45) is 0 Å². The number of hydrogen-bond acceptors (Lipinski definition) is 9. The predicted molar refractivity (Wildman–Crippen MR) is 120 cm³/mol. The number of nitrogens with zero attached hydrogens (tertiary/aromatic N) is 2. The summed E-state index contributed by atoms with van der Waals surface area (Å²) in [4.78, 5) is 11.6. The van der Waals surface area contributed by atoms with Gasteiger partial charge in [0.15, 0.2) is 11.8 Å². The fraction of sp³-hybridized carbons (Fsp3) is 0.455. The number of rotatable bonds is 9. The number of benzene rings is 1. The van der Waals surface area contributed by atoms with Crippen LogP contribution in [0.3, 0.4) is 0 Å². The fourth-order valence-corrected chi connectivity index (χ4v) is 4.24. The van der Waals surface area contributed by atoms with Crippen molar-refractivity contribution in [1.82, 2.24) is 15.0 Å². The molecule has 0 saturated carbocycles. The predicted octanol–water partition coefficient (Wildman–Crippen LogP) is 2.17. The molecule has 3 aromatic rings.